The third-order valence-electron chi connectivity index (χ3n) is 5.90. The van der Waals surface area contributed by atoms with Gasteiger partial charge >= 0.3 is 0 Å². The number of phenols is 1. The van der Waals surface area contributed by atoms with Crippen molar-refractivity contribution in [1.29, 1.82) is 0 Å². The highest BCUT2D eigenvalue weighted by Gasteiger charge is 2.43. The first-order valence-electron chi connectivity index (χ1n) is 9.40. The van der Waals surface area contributed by atoms with Crippen molar-refractivity contribution in [2.45, 2.75) is 45.2 Å². The van der Waals surface area contributed by atoms with Crippen LogP contribution in [0.4, 0.5) is 0 Å². The molecule has 0 spiro atoms. The lowest BCUT2D eigenvalue weighted by Crippen LogP contribution is -2.49. The fourth-order valence-corrected chi connectivity index (χ4v) is 5.10. The largest absolute Gasteiger partial charge is 0.504 e. The molecule has 0 saturated carbocycles. The van der Waals surface area contributed by atoms with Crippen LogP contribution in [0.3, 0.4) is 0 Å². The summed E-state index contributed by atoms with van der Waals surface area (Å²) in [4.78, 5) is 13.2. The van der Waals surface area contributed by atoms with Gasteiger partial charge in [-0.25, -0.2) is 0 Å². The van der Waals surface area contributed by atoms with Crippen LogP contribution in [0, 0.1) is 12.8 Å². The summed E-state index contributed by atoms with van der Waals surface area (Å²) in [5.41, 5.74) is 1.98. The van der Waals surface area contributed by atoms with Crippen molar-refractivity contribution in [3.05, 3.63) is 45.6 Å². The molecular weight excluding hydrogens is 618 g/mol. The Morgan fingerprint density at radius 3 is 2.40 bits per heavy atom. The number of aliphatic hydroxyl groups is 1. The van der Waals surface area contributed by atoms with Crippen LogP contribution in [0.15, 0.2) is 33.5 Å². The average Bonchev–Trinajstić information content (AvgIpc) is 2.71. The maximum absolute atomic E-state index is 13.2. The van der Waals surface area contributed by atoms with Crippen molar-refractivity contribution >= 4 is 68.0 Å². The van der Waals surface area contributed by atoms with Gasteiger partial charge in [-0.1, -0.05) is 6.92 Å². The molecule has 5 unspecified atom stereocenters. The predicted molar refractivity (Wildman–Crippen MR) is 128 cm³/mol. The molecule has 160 valence electrons. The minimum absolute atomic E-state index is 0.0141. The minimum atomic E-state index is -0.885. The highest BCUT2D eigenvalue weighted by molar-refractivity contribution is 14.1. The predicted octanol–water partition coefficient (Wildman–Crippen LogP) is 4.88. The van der Waals surface area contributed by atoms with Crippen LogP contribution in [-0.4, -0.2) is 28.5 Å². The summed E-state index contributed by atoms with van der Waals surface area (Å²) in [5.74, 6) is 0.0811. The second-order valence-electron chi connectivity index (χ2n) is 7.69. The van der Waals surface area contributed by atoms with E-state index in [0.717, 1.165) is 5.56 Å². The van der Waals surface area contributed by atoms with Gasteiger partial charge < -0.3 is 25.5 Å². The van der Waals surface area contributed by atoms with E-state index in [0.29, 0.717) is 22.1 Å². The van der Waals surface area contributed by atoms with Crippen molar-refractivity contribution in [1.82, 2.24) is 0 Å². The number of rotatable bonds is 3. The topological polar surface area (TPSA) is 98.4 Å². The number of hydrogen-bond donors (Lipinski definition) is 2. The molecule has 1 saturated heterocycles. The zero-order valence-corrected chi connectivity index (χ0v) is 20.7. The van der Waals surface area contributed by atoms with E-state index < -0.39 is 18.3 Å². The molecule has 1 aliphatic rings. The first-order valence-corrected chi connectivity index (χ1v) is 11.2. The third-order valence-corrected chi connectivity index (χ3v) is 6.96. The Bertz CT molecular complexity index is 1180. The van der Waals surface area contributed by atoms with Gasteiger partial charge in [0.05, 0.1) is 16.9 Å². The number of ether oxygens (including phenoxy) is 1. The molecule has 2 N–H and O–H groups in total. The van der Waals surface area contributed by atoms with E-state index in [1.165, 1.54) is 12.1 Å². The Labute approximate surface area is 200 Å². The second kappa shape index (κ2) is 8.41. The quantitative estimate of drug-likeness (QED) is 0.312. The van der Waals surface area contributed by atoms with E-state index in [2.05, 4.69) is 0 Å². The summed E-state index contributed by atoms with van der Waals surface area (Å²) in [7, 11) is 0. The van der Waals surface area contributed by atoms with Crippen LogP contribution >= 0.6 is 46.0 Å². The van der Waals surface area contributed by atoms with Crippen molar-refractivity contribution in [2.75, 3.05) is 0 Å². The highest BCUT2D eigenvalue weighted by atomic mass is 127. The zero-order valence-electron chi connectivity index (χ0n) is 16.4. The molecule has 7 nitrogen and oxygen atoms in total. The average molecular weight is 638 g/mol. The van der Waals surface area contributed by atoms with E-state index in [9.17, 15) is 15.0 Å². The van der Waals surface area contributed by atoms with Crippen LogP contribution in [0.2, 0.25) is 0 Å². The van der Waals surface area contributed by atoms with E-state index in [-0.39, 0.29) is 34.3 Å². The molecule has 1 aromatic heterocycles. The van der Waals surface area contributed by atoms with Gasteiger partial charge in [0.15, 0.2) is 34.5 Å². The molecule has 9 heteroatoms. The fraction of sp³-hybridized carbons (Fsp3) is 0.381. The molecular formula is C21H20I2O7. The normalized spacial score (nSPS) is 26.9. The molecule has 1 fully saturated rings. The van der Waals surface area contributed by atoms with Gasteiger partial charge in [-0.2, -0.15) is 0 Å². The number of fused-ring (bicyclic) bond motifs is 2. The van der Waals surface area contributed by atoms with Crippen LogP contribution in [0.25, 0.3) is 21.9 Å². The summed E-state index contributed by atoms with van der Waals surface area (Å²) in [6.07, 6.45) is -2.06. The Morgan fingerprint density at radius 1 is 1.07 bits per heavy atom. The Kier molecular flexibility index (Phi) is 6.19. The Balaban J connectivity index is 1.90. The lowest BCUT2D eigenvalue weighted by Gasteiger charge is -2.42. The van der Waals surface area contributed by atoms with Gasteiger partial charge in [0, 0.05) is 12.0 Å². The maximum Gasteiger partial charge on any atom is 0.200 e. The first kappa shape index (κ1) is 22.1. The standard InChI is InChI=1S/C21H20I2O7/c1-8-4-15-12(18(25)13-6-14(24)17(29-22)7-16(13)28-15)5-11(8)21-19(26)20(30-23)9(2)10(3)27-21/h4-7,9-10,19-21,24,26H,1-3H3. The minimum Gasteiger partial charge on any atom is -0.504 e. The molecule has 4 rings (SSSR count). The molecule has 0 bridgehead atoms. The number of hydrogen-bond acceptors (Lipinski definition) is 7. The molecule has 2 aromatic carbocycles. The summed E-state index contributed by atoms with van der Waals surface area (Å²) < 4.78 is 22.6. The molecule has 0 amide bonds. The molecule has 5 atom stereocenters. The fourth-order valence-electron chi connectivity index (χ4n) is 3.98. The van der Waals surface area contributed by atoms with Crippen molar-refractivity contribution in [3.8, 4) is 11.5 Å². The molecule has 0 aliphatic carbocycles. The van der Waals surface area contributed by atoms with Gasteiger partial charge in [-0.15, -0.1) is 0 Å². The third kappa shape index (κ3) is 3.57. The maximum atomic E-state index is 13.2. The van der Waals surface area contributed by atoms with Gasteiger partial charge in [-0.05, 0) is 43.2 Å². The summed E-state index contributed by atoms with van der Waals surface area (Å²) in [6.45, 7) is 5.80. The number of halogens is 2. The number of aliphatic hydroxyl groups excluding tert-OH is 1. The SMILES string of the molecule is Cc1cc2oc3cc(OI)c(O)cc3c(=O)c2cc1C1OC(C)C(C)C(OI)C1O. The summed E-state index contributed by atoms with van der Waals surface area (Å²) >= 11 is 3.46. The monoisotopic (exact) mass is 638 g/mol. The van der Waals surface area contributed by atoms with Gasteiger partial charge in [0.2, 0.25) is 5.43 Å². The van der Waals surface area contributed by atoms with Crippen molar-refractivity contribution < 1.29 is 25.5 Å². The lowest BCUT2D eigenvalue weighted by atomic mass is 9.85. The van der Waals surface area contributed by atoms with Gasteiger partial charge in [0.25, 0.3) is 0 Å². The van der Waals surface area contributed by atoms with Crippen LogP contribution in [0.1, 0.15) is 31.1 Å². The van der Waals surface area contributed by atoms with Gasteiger partial charge in [-0.3, -0.25) is 4.79 Å². The number of aromatic hydroxyl groups is 1. The first-order chi connectivity index (χ1) is 14.3. The number of phenolic OH excluding ortho intramolecular Hbond substituents is 1. The smallest absolute Gasteiger partial charge is 0.200 e. The summed E-state index contributed by atoms with van der Waals surface area (Å²) in [5, 5.41) is 21.6. The Hall–Kier alpha value is -1.15. The van der Waals surface area contributed by atoms with E-state index >= 15 is 0 Å². The van der Waals surface area contributed by atoms with Crippen LogP contribution in [0.5, 0.6) is 11.5 Å². The second-order valence-corrected chi connectivity index (χ2v) is 8.64. The number of benzene rings is 2. The van der Waals surface area contributed by atoms with Crippen molar-refractivity contribution in [2.24, 2.45) is 5.92 Å². The van der Waals surface area contributed by atoms with Crippen LogP contribution in [-0.2, 0) is 7.80 Å². The Morgan fingerprint density at radius 2 is 1.73 bits per heavy atom. The lowest BCUT2D eigenvalue weighted by molar-refractivity contribution is -0.179. The van der Waals surface area contributed by atoms with E-state index in [1.807, 2.05) is 43.8 Å². The molecule has 1 aliphatic heterocycles. The molecule has 0 radical (unpaired) electrons. The van der Waals surface area contributed by atoms with Crippen LogP contribution < -0.4 is 8.50 Å². The summed E-state index contributed by atoms with van der Waals surface area (Å²) in [6, 6.07) is 6.29. The van der Waals surface area contributed by atoms with Gasteiger partial charge in [0.1, 0.15) is 52.5 Å². The molecule has 30 heavy (non-hydrogen) atoms. The molecule has 3 aromatic rings. The van der Waals surface area contributed by atoms with Crippen molar-refractivity contribution in [3.63, 3.8) is 0 Å². The molecule has 2 heterocycles. The van der Waals surface area contributed by atoms with E-state index in [1.54, 1.807) is 35.1 Å². The highest BCUT2D eigenvalue weighted by Crippen LogP contribution is 2.40. The zero-order chi connectivity index (χ0) is 21.7. The number of aryl methyl sites for hydroxylation is 1. The van der Waals surface area contributed by atoms with E-state index in [4.69, 9.17) is 15.3 Å².